The van der Waals surface area contributed by atoms with Crippen molar-refractivity contribution in [2.45, 2.75) is 25.5 Å². The molecule has 0 amide bonds. The predicted octanol–water partition coefficient (Wildman–Crippen LogP) is 5.81. The van der Waals surface area contributed by atoms with Crippen molar-refractivity contribution in [2.24, 2.45) is 7.05 Å². The standard InChI is InChI=1S/C29H20Cl2N6O4/c1-36-28(18-10-16(30)11-26(20(18)12-32)39-17-6-7-17)21(13-33-36)15-8-19-23(34-35-29(38)27(19)22(31)9-15)14-37-40-24-4-2-3-5-25(24)41-37/h2-5,8-11,13,17H,6-7,14H2,1H3,(H,35,38). The first kappa shape index (κ1) is 25.4. The number of nitrogens with zero attached hydrogens (tertiary/aromatic N) is 5. The Balaban J connectivity index is 1.35. The molecule has 41 heavy (non-hydrogen) atoms. The fraction of sp³-hybridized carbons (Fsp3) is 0.172. The van der Waals surface area contributed by atoms with Crippen molar-refractivity contribution in [1.82, 2.24) is 25.2 Å². The number of nitrogens with one attached hydrogen (secondary N) is 1. The second-order valence-electron chi connectivity index (χ2n) is 9.79. The molecule has 7 rings (SSSR count). The second kappa shape index (κ2) is 9.82. The van der Waals surface area contributed by atoms with Crippen molar-refractivity contribution in [3.05, 3.63) is 86.4 Å². The van der Waals surface area contributed by atoms with E-state index in [1.807, 2.05) is 18.2 Å². The van der Waals surface area contributed by atoms with Gasteiger partial charge in [0.15, 0.2) is 11.5 Å². The number of halogens is 2. The van der Waals surface area contributed by atoms with Gasteiger partial charge in [-0.2, -0.15) is 15.5 Å². The molecule has 2 aromatic heterocycles. The Hall–Kier alpha value is -4.56. The number of hydrogen-bond acceptors (Lipinski definition) is 8. The van der Waals surface area contributed by atoms with Gasteiger partial charge in [0.2, 0.25) is 0 Å². The van der Waals surface area contributed by atoms with E-state index in [-0.39, 0.29) is 23.1 Å². The summed E-state index contributed by atoms with van der Waals surface area (Å²) in [5, 5.41) is 24.2. The van der Waals surface area contributed by atoms with E-state index in [1.165, 1.54) is 5.23 Å². The summed E-state index contributed by atoms with van der Waals surface area (Å²) >= 11 is 13.2. The van der Waals surface area contributed by atoms with Crippen molar-refractivity contribution in [2.75, 3.05) is 0 Å². The van der Waals surface area contributed by atoms with Crippen LogP contribution in [0.2, 0.25) is 10.0 Å². The maximum atomic E-state index is 12.8. The Bertz CT molecular complexity index is 1940. The second-order valence-corrected chi connectivity index (χ2v) is 10.6. The number of para-hydroxylation sites is 2. The highest BCUT2D eigenvalue weighted by molar-refractivity contribution is 6.36. The number of ether oxygens (including phenoxy) is 1. The zero-order valence-corrected chi connectivity index (χ0v) is 23.0. The first-order chi connectivity index (χ1) is 19.9. The molecule has 5 aromatic rings. The zero-order chi connectivity index (χ0) is 28.2. The summed E-state index contributed by atoms with van der Waals surface area (Å²) in [4.78, 5) is 24.3. The summed E-state index contributed by atoms with van der Waals surface area (Å²) in [5.41, 5.74) is 2.96. The fourth-order valence-corrected chi connectivity index (χ4v) is 5.43. The lowest BCUT2D eigenvalue weighted by Crippen LogP contribution is -2.27. The molecule has 3 heterocycles. The van der Waals surface area contributed by atoms with Crippen LogP contribution in [0.5, 0.6) is 17.2 Å². The summed E-state index contributed by atoms with van der Waals surface area (Å²) in [6.45, 7) is 0.0936. The highest BCUT2D eigenvalue weighted by atomic mass is 35.5. The molecule has 1 N–H and O–H groups in total. The van der Waals surface area contributed by atoms with Gasteiger partial charge in [-0.25, -0.2) is 5.10 Å². The van der Waals surface area contributed by atoms with E-state index in [4.69, 9.17) is 37.6 Å². The third-order valence-electron chi connectivity index (χ3n) is 6.95. The van der Waals surface area contributed by atoms with Gasteiger partial charge in [-0.3, -0.25) is 9.48 Å². The van der Waals surface area contributed by atoms with E-state index in [9.17, 15) is 10.1 Å². The molecule has 10 nitrogen and oxygen atoms in total. The third kappa shape index (κ3) is 4.54. The summed E-state index contributed by atoms with van der Waals surface area (Å²) < 4.78 is 7.68. The van der Waals surface area contributed by atoms with Crippen LogP contribution in [-0.2, 0) is 13.6 Å². The SMILES string of the molecule is Cn1ncc(-c2cc(Cl)c3c(=O)[nH]nc(CN4Oc5ccccc5O4)c3c2)c1-c1cc(Cl)cc(OC2CC2)c1C#N. The molecule has 1 aliphatic carbocycles. The number of aromatic nitrogens is 4. The Morgan fingerprint density at radius 3 is 2.59 bits per heavy atom. The van der Waals surface area contributed by atoms with Gasteiger partial charge in [-0.05, 0) is 48.7 Å². The lowest BCUT2D eigenvalue weighted by molar-refractivity contribution is -0.234. The zero-order valence-electron chi connectivity index (χ0n) is 21.5. The molecule has 1 aliphatic heterocycles. The average Bonchev–Trinajstić information content (AvgIpc) is 3.53. The molecule has 0 bridgehead atoms. The van der Waals surface area contributed by atoms with Crippen LogP contribution in [0.4, 0.5) is 0 Å². The highest BCUT2D eigenvalue weighted by Crippen LogP contribution is 2.42. The van der Waals surface area contributed by atoms with Crippen LogP contribution in [0.15, 0.2) is 59.5 Å². The Morgan fingerprint density at radius 1 is 1.12 bits per heavy atom. The number of aryl methyl sites for hydroxylation is 1. The number of fused-ring (bicyclic) bond motifs is 2. The van der Waals surface area contributed by atoms with Gasteiger partial charge >= 0.3 is 0 Å². The predicted molar refractivity (Wildman–Crippen MR) is 152 cm³/mol. The van der Waals surface area contributed by atoms with Crippen LogP contribution in [-0.4, -0.2) is 31.3 Å². The van der Waals surface area contributed by atoms with E-state index < -0.39 is 5.56 Å². The van der Waals surface area contributed by atoms with Gasteiger partial charge in [-0.15, -0.1) is 0 Å². The highest BCUT2D eigenvalue weighted by Gasteiger charge is 2.28. The van der Waals surface area contributed by atoms with Crippen molar-refractivity contribution >= 4 is 34.0 Å². The number of nitriles is 1. The topological polar surface area (TPSA) is 118 Å². The fourth-order valence-electron chi connectivity index (χ4n) is 4.91. The molecule has 1 saturated carbocycles. The minimum Gasteiger partial charge on any atom is -0.489 e. The van der Waals surface area contributed by atoms with Crippen LogP contribution in [0, 0.1) is 11.3 Å². The van der Waals surface area contributed by atoms with E-state index in [0.29, 0.717) is 61.3 Å². The maximum absolute atomic E-state index is 12.8. The summed E-state index contributed by atoms with van der Waals surface area (Å²) in [5.74, 6) is 1.57. The average molecular weight is 587 g/mol. The Morgan fingerprint density at radius 2 is 1.88 bits per heavy atom. The van der Waals surface area contributed by atoms with Crippen LogP contribution in [0.3, 0.4) is 0 Å². The lowest BCUT2D eigenvalue weighted by atomic mass is 9.96. The van der Waals surface area contributed by atoms with Gasteiger partial charge < -0.3 is 14.4 Å². The quantitative estimate of drug-likeness (QED) is 0.264. The maximum Gasteiger partial charge on any atom is 0.273 e. The number of hydroxylamine groups is 2. The third-order valence-corrected chi connectivity index (χ3v) is 7.47. The molecule has 2 aliphatic rings. The number of benzene rings is 3. The molecular weight excluding hydrogens is 567 g/mol. The molecular formula is C29H20Cl2N6O4. The number of rotatable bonds is 6. The number of hydrogen-bond donors (Lipinski definition) is 1. The van der Waals surface area contributed by atoms with Gasteiger partial charge in [-0.1, -0.05) is 35.3 Å². The van der Waals surface area contributed by atoms with Gasteiger partial charge in [0.05, 0.1) is 34.1 Å². The normalized spacial score (nSPS) is 14.4. The van der Waals surface area contributed by atoms with Gasteiger partial charge in [0.1, 0.15) is 23.9 Å². The Kier molecular flexibility index (Phi) is 6.08. The van der Waals surface area contributed by atoms with E-state index in [0.717, 1.165) is 12.8 Å². The van der Waals surface area contributed by atoms with Crippen molar-refractivity contribution in [1.29, 1.82) is 5.26 Å². The largest absolute Gasteiger partial charge is 0.489 e. The molecule has 0 radical (unpaired) electrons. The van der Waals surface area contributed by atoms with E-state index in [1.54, 1.807) is 48.3 Å². The van der Waals surface area contributed by atoms with Crippen molar-refractivity contribution < 1.29 is 14.4 Å². The molecule has 0 atom stereocenters. The van der Waals surface area contributed by atoms with Crippen LogP contribution in [0.25, 0.3) is 33.2 Å². The molecule has 0 unspecified atom stereocenters. The number of aromatic amines is 1. The minimum absolute atomic E-state index is 0.0825. The molecule has 12 heteroatoms. The van der Waals surface area contributed by atoms with Crippen molar-refractivity contribution in [3.8, 4) is 45.7 Å². The van der Waals surface area contributed by atoms with Crippen molar-refractivity contribution in [3.63, 3.8) is 0 Å². The number of H-pyrrole nitrogens is 1. The first-order valence-corrected chi connectivity index (χ1v) is 13.5. The smallest absolute Gasteiger partial charge is 0.273 e. The molecule has 3 aromatic carbocycles. The van der Waals surface area contributed by atoms with Crippen LogP contribution in [0.1, 0.15) is 24.1 Å². The molecule has 1 fully saturated rings. The van der Waals surface area contributed by atoms with E-state index in [2.05, 4.69) is 21.4 Å². The first-order valence-electron chi connectivity index (χ1n) is 12.8. The lowest BCUT2D eigenvalue weighted by Gasteiger charge is -2.15. The summed E-state index contributed by atoms with van der Waals surface area (Å²) in [6, 6.07) is 16.5. The summed E-state index contributed by atoms with van der Waals surface area (Å²) in [7, 11) is 1.78. The Labute approximate surface area is 243 Å². The molecule has 204 valence electrons. The minimum atomic E-state index is -0.429. The monoisotopic (exact) mass is 586 g/mol. The molecule has 0 spiro atoms. The van der Waals surface area contributed by atoms with E-state index >= 15 is 0 Å². The van der Waals surface area contributed by atoms with Gasteiger partial charge in [0.25, 0.3) is 5.56 Å². The summed E-state index contributed by atoms with van der Waals surface area (Å²) in [6.07, 6.45) is 3.64. The van der Waals surface area contributed by atoms with Crippen LogP contribution >= 0.6 is 23.2 Å². The van der Waals surface area contributed by atoms with Crippen LogP contribution < -0.4 is 20.0 Å². The van der Waals surface area contributed by atoms with Gasteiger partial charge in [0, 0.05) is 39.9 Å². The molecule has 0 saturated heterocycles.